The van der Waals surface area contributed by atoms with E-state index < -0.39 is 5.69 Å². The zero-order valence-corrected chi connectivity index (χ0v) is 10.4. The van der Waals surface area contributed by atoms with Gasteiger partial charge in [-0.05, 0) is 31.2 Å². The third-order valence-corrected chi connectivity index (χ3v) is 3.07. The van der Waals surface area contributed by atoms with Crippen LogP contribution in [0.15, 0.2) is 58.1 Å². The number of rotatable bonds is 1. The van der Waals surface area contributed by atoms with Crippen LogP contribution in [-0.2, 0) is 0 Å². The first-order valence-electron chi connectivity index (χ1n) is 5.98. The molecule has 0 radical (unpaired) electrons. The minimum Gasteiger partial charge on any atom is -0.306 e. The second-order valence-electron chi connectivity index (χ2n) is 4.46. The molecule has 0 unspecified atom stereocenters. The summed E-state index contributed by atoms with van der Waals surface area (Å²) < 4.78 is 1.15. The summed E-state index contributed by atoms with van der Waals surface area (Å²) in [5, 5.41) is 0.517. The summed E-state index contributed by atoms with van der Waals surface area (Å²) in [5.74, 6) is 0. The van der Waals surface area contributed by atoms with Gasteiger partial charge in [-0.3, -0.25) is 4.79 Å². The Balaban J connectivity index is 2.44. The molecule has 4 heteroatoms. The average molecular weight is 252 g/mol. The molecule has 3 aromatic rings. The predicted octanol–water partition coefficient (Wildman–Crippen LogP) is 1.99. The van der Waals surface area contributed by atoms with Gasteiger partial charge in [-0.15, -0.1) is 0 Å². The van der Waals surface area contributed by atoms with Gasteiger partial charge in [-0.2, -0.15) is 0 Å². The Morgan fingerprint density at radius 3 is 2.47 bits per heavy atom. The summed E-state index contributed by atoms with van der Waals surface area (Å²) in [7, 11) is 0. The largest absolute Gasteiger partial charge is 0.333 e. The molecule has 1 aromatic heterocycles. The molecule has 0 aliphatic heterocycles. The maximum atomic E-state index is 12.4. The second kappa shape index (κ2) is 4.24. The minimum absolute atomic E-state index is 0.298. The van der Waals surface area contributed by atoms with Crippen LogP contribution in [0.4, 0.5) is 0 Å². The van der Waals surface area contributed by atoms with Crippen molar-refractivity contribution in [3.8, 4) is 5.69 Å². The van der Waals surface area contributed by atoms with Crippen molar-refractivity contribution < 1.29 is 0 Å². The highest BCUT2D eigenvalue weighted by Crippen LogP contribution is 2.09. The Morgan fingerprint density at radius 2 is 1.74 bits per heavy atom. The minimum atomic E-state index is -0.424. The van der Waals surface area contributed by atoms with Crippen molar-refractivity contribution in [2.45, 2.75) is 6.92 Å². The van der Waals surface area contributed by atoms with Gasteiger partial charge in [0.2, 0.25) is 0 Å². The van der Waals surface area contributed by atoms with Gasteiger partial charge in [0.25, 0.3) is 5.56 Å². The van der Waals surface area contributed by atoms with E-state index in [9.17, 15) is 9.59 Å². The van der Waals surface area contributed by atoms with Gasteiger partial charge < -0.3 is 4.98 Å². The van der Waals surface area contributed by atoms with E-state index in [1.165, 1.54) is 0 Å². The first-order chi connectivity index (χ1) is 9.16. The molecule has 94 valence electrons. The lowest BCUT2D eigenvalue weighted by molar-refractivity contribution is 0.901. The molecule has 4 nitrogen and oxygen atoms in total. The van der Waals surface area contributed by atoms with Crippen LogP contribution < -0.4 is 11.2 Å². The third kappa shape index (κ3) is 1.87. The highest BCUT2D eigenvalue weighted by atomic mass is 16.2. The number of fused-ring (bicyclic) bond motifs is 1. The molecule has 0 saturated carbocycles. The van der Waals surface area contributed by atoms with Gasteiger partial charge in [-0.1, -0.05) is 29.8 Å². The highest BCUT2D eigenvalue weighted by Gasteiger charge is 2.08. The van der Waals surface area contributed by atoms with E-state index in [1.807, 2.05) is 19.1 Å². The number of nitrogens with one attached hydrogen (secondary N) is 1. The maximum Gasteiger partial charge on any atom is 0.333 e. The van der Waals surface area contributed by atoms with E-state index in [0.717, 1.165) is 10.1 Å². The summed E-state index contributed by atoms with van der Waals surface area (Å²) in [4.78, 5) is 27.2. The fourth-order valence-electron chi connectivity index (χ4n) is 2.14. The third-order valence-electron chi connectivity index (χ3n) is 3.07. The van der Waals surface area contributed by atoms with Gasteiger partial charge in [0.05, 0.1) is 16.6 Å². The summed E-state index contributed by atoms with van der Waals surface area (Å²) in [5.41, 5.74) is 1.39. The van der Waals surface area contributed by atoms with Crippen molar-refractivity contribution >= 4 is 10.9 Å². The number of aromatic nitrogens is 2. The molecule has 1 N–H and O–H groups in total. The normalized spacial score (nSPS) is 10.8. The number of para-hydroxylation sites is 1. The van der Waals surface area contributed by atoms with Gasteiger partial charge in [0, 0.05) is 0 Å². The smallest absolute Gasteiger partial charge is 0.306 e. The number of H-pyrrole nitrogens is 1. The molecular formula is C15H12N2O2. The first kappa shape index (κ1) is 11.5. The maximum absolute atomic E-state index is 12.4. The van der Waals surface area contributed by atoms with Crippen LogP contribution in [0.1, 0.15) is 5.56 Å². The van der Waals surface area contributed by atoms with Gasteiger partial charge in [0.1, 0.15) is 0 Å². The summed E-state index contributed by atoms with van der Waals surface area (Å²) in [6.45, 7) is 1.91. The fourth-order valence-corrected chi connectivity index (χ4v) is 2.14. The number of hydrogen-bond donors (Lipinski definition) is 1. The molecule has 0 atom stereocenters. The first-order valence-corrected chi connectivity index (χ1v) is 5.98. The van der Waals surface area contributed by atoms with Crippen molar-refractivity contribution in [3.63, 3.8) is 0 Å². The fraction of sp³-hybridized carbons (Fsp3) is 0.0667. The number of nitrogens with zero attached hydrogens (tertiary/aromatic N) is 1. The van der Waals surface area contributed by atoms with Crippen LogP contribution in [0.25, 0.3) is 16.6 Å². The van der Waals surface area contributed by atoms with E-state index in [4.69, 9.17) is 0 Å². The van der Waals surface area contributed by atoms with Gasteiger partial charge in [-0.25, -0.2) is 9.36 Å². The van der Waals surface area contributed by atoms with E-state index in [1.54, 1.807) is 36.4 Å². The standard InChI is InChI=1S/C15H12N2O2/c1-10-7-8-13-12(9-10)14(18)17(15(19)16-13)11-5-3-2-4-6-11/h2-9H,1H3,(H,16,19). The highest BCUT2D eigenvalue weighted by molar-refractivity contribution is 5.78. The molecular weight excluding hydrogens is 240 g/mol. The number of benzene rings is 2. The molecule has 0 amide bonds. The number of aromatic amines is 1. The van der Waals surface area contributed by atoms with E-state index in [-0.39, 0.29) is 5.56 Å². The monoisotopic (exact) mass is 252 g/mol. The van der Waals surface area contributed by atoms with Gasteiger partial charge >= 0.3 is 5.69 Å². The van der Waals surface area contributed by atoms with Crippen molar-refractivity contribution in [2.75, 3.05) is 0 Å². The SMILES string of the molecule is Cc1ccc2[nH]c(=O)n(-c3ccccc3)c(=O)c2c1. The Labute approximate surface area is 109 Å². The zero-order valence-electron chi connectivity index (χ0n) is 10.4. The van der Waals surface area contributed by atoms with E-state index >= 15 is 0 Å². The summed E-state index contributed by atoms with van der Waals surface area (Å²) in [6, 6.07) is 14.3. The Morgan fingerprint density at radius 1 is 1.00 bits per heavy atom. The predicted molar refractivity (Wildman–Crippen MR) is 74.9 cm³/mol. The van der Waals surface area contributed by atoms with Crippen LogP contribution >= 0.6 is 0 Å². The lowest BCUT2D eigenvalue weighted by Gasteiger charge is -2.06. The topological polar surface area (TPSA) is 54.9 Å². The van der Waals surface area contributed by atoms with Crippen molar-refractivity contribution in [2.24, 2.45) is 0 Å². The number of hydrogen-bond acceptors (Lipinski definition) is 2. The average Bonchev–Trinajstić information content (AvgIpc) is 2.41. The van der Waals surface area contributed by atoms with Crippen LogP contribution in [0.2, 0.25) is 0 Å². The van der Waals surface area contributed by atoms with Crippen LogP contribution in [0, 0.1) is 6.92 Å². The molecule has 0 fully saturated rings. The molecule has 0 aliphatic rings. The van der Waals surface area contributed by atoms with E-state index in [0.29, 0.717) is 16.6 Å². The summed E-state index contributed by atoms with van der Waals surface area (Å²) in [6.07, 6.45) is 0. The molecule has 0 bridgehead atoms. The van der Waals surface area contributed by atoms with E-state index in [2.05, 4.69) is 4.98 Å². The van der Waals surface area contributed by atoms with Crippen LogP contribution in [-0.4, -0.2) is 9.55 Å². The quantitative estimate of drug-likeness (QED) is 0.720. The number of aryl methyl sites for hydroxylation is 1. The Hall–Kier alpha value is -2.62. The molecule has 0 aliphatic carbocycles. The van der Waals surface area contributed by atoms with Gasteiger partial charge in [0.15, 0.2) is 0 Å². The molecule has 3 rings (SSSR count). The molecule has 2 aromatic carbocycles. The Bertz CT molecular complexity index is 861. The Kier molecular flexibility index (Phi) is 2.56. The van der Waals surface area contributed by atoms with Crippen molar-refractivity contribution in [3.05, 3.63) is 74.9 Å². The molecule has 1 heterocycles. The van der Waals surface area contributed by atoms with Crippen molar-refractivity contribution in [1.29, 1.82) is 0 Å². The zero-order chi connectivity index (χ0) is 13.4. The van der Waals surface area contributed by atoms with Crippen molar-refractivity contribution in [1.82, 2.24) is 9.55 Å². The molecule has 0 saturated heterocycles. The lowest BCUT2D eigenvalue weighted by atomic mass is 10.1. The lowest BCUT2D eigenvalue weighted by Crippen LogP contribution is -2.33. The van der Waals surface area contributed by atoms with Crippen LogP contribution in [0.3, 0.4) is 0 Å². The summed E-state index contributed by atoms with van der Waals surface area (Å²) >= 11 is 0. The molecule has 0 spiro atoms. The second-order valence-corrected chi connectivity index (χ2v) is 4.46. The van der Waals surface area contributed by atoms with Crippen LogP contribution in [0.5, 0.6) is 0 Å². The molecule has 19 heavy (non-hydrogen) atoms.